The Morgan fingerprint density at radius 3 is 2.94 bits per heavy atom. The van der Waals surface area contributed by atoms with Gasteiger partial charge in [-0.1, -0.05) is 6.92 Å². The number of hydrogen-bond donors (Lipinski definition) is 2. The van der Waals surface area contributed by atoms with Crippen LogP contribution in [-0.4, -0.2) is 43.3 Å². The molecule has 3 N–H and O–H groups in total. The second-order valence-corrected chi connectivity index (χ2v) is 4.76. The quantitative estimate of drug-likeness (QED) is 0.815. The first-order valence-corrected chi connectivity index (χ1v) is 6.23. The minimum absolute atomic E-state index is 0.380. The number of aromatic nitrogens is 2. The fraction of sp³-hybridized carbons (Fsp3) is 0.667. The van der Waals surface area contributed by atoms with Gasteiger partial charge in [0.25, 0.3) is 0 Å². The van der Waals surface area contributed by atoms with Gasteiger partial charge in [0.1, 0.15) is 6.33 Å². The van der Waals surface area contributed by atoms with E-state index in [0.717, 1.165) is 25.3 Å². The van der Waals surface area contributed by atoms with Gasteiger partial charge in [0.05, 0.1) is 7.11 Å². The molecule has 2 atom stereocenters. The molecule has 100 valence electrons. The lowest BCUT2D eigenvalue weighted by Crippen LogP contribution is -2.49. The number of methoxy groups -OCH3 is 1. The van der Waals surface area contributed by atoms with Crippen LogP contribution in [0.15, 0.2) is 6.33 Å². The lowest BCUT2D eigenvalue weighted by Gasteiger charge is -2.37. The largest absolute Gasteiger partial charge is 0.490 e. The second-order valence-electron chi connectivity index (χ2n) is 4.76. The first kappa shape index (κ1) is 12.9. The van der Waals surface area contributed by atoms with Crippen molar-refractivity contribution in [2.45, 2.75) is 19.4 Å². The van der Waals surface area contributed by atoms with E-state index in [1.54, 1.807) is 7.11 Å². The molecular formula is C12H21N5O. The molecule has 1 fully saturated rings. The number of rotatable bonds is 3. The third kappa shape index (κ3) is 2.33. The lowest BCUT2D eigenvalue weighted by molar-refractivity contribution is 0.333. The molecule has 1 saturated heterocycles. The molecule has 0 aromatic carbocycles. The third-order valence-electron chi connectivity index (χ3n) is 3.64. The van der Waals surface area contributed by atoms with Crippen LogP contribution in [0.2, 0.25) is 0 Å². The summed E-state index contributed by atoms with van der Waals surface area (Å²) in [6.45, 7) is 4.29. The molecule has 0 unspecified atom stereocenters. The molecule has 1 aromatic heterocycles. The molecule has 1 aromatic rings. The highest BCUT2D eigenvalue weighted by atomic mass is 16.5. The number of anilines is 2. The highest BCUT2D eigenvalue weighted by Crippen LogP contribution is 2.32. The number of nitrogen functional groups attached to an aromatic ring is 1. The minimum atomic E-state index is 0.380. The summed E-state index contributed by atoms with van der Waals surface area (Å²) >= 11 is 0. The van der Waals surface area contributed by atoms with Crippen LogP contribution in [0, 0.1) is 5.92 Å². The van der Waals surface area contributed by atoms with Crippen LogP contribution in [0.4, 0.5) is 11.6 Å². The Labute approximate surface area is 108 Å². The van der Waals surface area contributed by atoms with E-state index in [1.807, 2.05) is 7.05 Å². The number of hydrogen-bond acceptors (Lipinski definition) is 6. The maximum Gasteiger partial charge on any atom is 0.204 e. The molecule has 1 aliphatic rings. The highest BCUT2D eigenvalue weighted by Gasteiger charge is 2.27. The van der Waals surface area contributed by atoms with E-state index in [0.29, 0.717) is 23.5 Å². The normalized spacial score (nSPS) is 23.7. The molecule has 0 bridgehead atoms. The smallest absolute Gasteiger partial charge is 0.204 e. The summed E-state index contributed by atoms with van der Waals surface area (Å²) in [5.41, 5.74) is 5.82. The summed E-state index contributed by atoms with van der Waals surface area (Å²) in [5.74, 6) is 2.30. The predicted molar refractivity (Wildman–Crippen MR) is 71.8 cm³/mol. The number of likely N-dealkylation sites (N-methyl/N-ethyl adjacent to an activating group) is 1. The second kappa shape index (κ2) is 5.39. The van der Waals surface area contributed by atoms with Crippen molar-refractivity contribution in [2.75, 3.05) is 37.9 Å². The zero-order valence-electron chi connectivity index (χ0n) is 11.2. The maximum atomic E-state index is 5.82. The molecule has 0 saturated carbocycles. The van der Waals surface area contributed by atoms with Crippen molar-refractivity contribution >= 4 is 11.6 Å². The molecule has 6 nitrogen and oxygen atoms in total. The van der Waals surface area contributed by atoms with E-state index in [-0.39, 0.29) is 0 Å². The van der Waals surface area contributed by atoms with Gasteiger partial charge in [-0.25, -0.2) is 9.97 Å². The average Bonchev–Trinajstić information content (AvgIpc) is 2.38. The van der Waals surface area contributed by atoms with Gasteiger partial charge in [-0.05, 0) is 18.9 Å². The van der Waals surface area contributed by atoms with Gasteiger partial charge in [0, 0.05) is 19.6 Å². The van der Waals surface area contributed by atoms with Crippen LogP contribution in [0.5, 0.6) is 5.75 Å². The van der Waals surface area contributed by atoms with Crippen LogP contribution >= 0.6 is 0 Å². The van der Waals surface area contributed by atoms with Crippen LogP contribution in [0.25, 0.3) is 0 Å². The Hall–Kier alpha value is -1.56. The van der Waals surface area contributed by atoms with E-state index in [9.17, 15) is 0 Å². The van der Waals surface area contributed by atoms with Crippen molar-refractivity contribution in [3.05, 3.63) is 6.33 Å². The van der Waals surface area contributed by atoms with E-state index in [2.05, 4.69) is 27.1 Å². The van der Waals surface area contributed by atoms with Crippen molar-refractivity contribution in [2.24, 2.45) is 5.92 Å². The number of nitrogens with one attached hydrogen (secondary N) is 1. The maximum absolute atomic E-state index is 5.82. The van der Waals surface area contributed by atoms with Gasteiger partial charge in [-0.15, -0.1) is 0 Å². The number of piperidine rings is 1. The van der Waals surface area contributed by atoms with E-state index in [1.165, 1.54) is 6.33 Å². The molecular weight excluding hydrogens is 230 g/mol. The number of nitrogens with two attached hydrogens (primary N) is 1. The molecule has 0 amide bonds. The average molecular weight is 251 g/mol. The van der Waals surface area contributed by atoms with Crippen molar-refractivity contribution in [3.8, 4) is 5.75 Å². The molecule has 0 aliphatic carbocycles. The topological polar surface area (TPSA) is 76.3 Å². The van der Waals surface area contributed by atoms with E-state index >= 15 is 0 Å². The number of nitrogens with zero attached hydrogens (tertiary/aromatic N) is 3. The van der Waals surface area contributed by atoms with Crippen LogP contribution in [0.3, 0.4) is 0 Å². The zero-order chi connectivity index (χ0) is 13.1. The molecule has 18 heavy (non-hydrogen) atoms. The molecule has 0 spiro atoms. The van der Waals surface area contributed by atoms with Gasteiger partial charge in [0.2, 0.25) is 5.75 Å². The fourth-order valence-electron chi connectivity index (χ4n) is 2.47. The van der Waals surface area contributed by atoms with Crippen molar-refractivity contribution < 1.29 is 4.74 Å². The monoisotopic (exact) mass is 251 g/mol. The van der Waals surface area contributed by atoms with Crippen molar-refractivity contribution in [1.82, 2.24) is 15.3 Å². The summed E-state index contributed by atoms with van der Waals surface area (Å²) in [6.07, 6.45) is 2.64. The van der Waals surface area contributed by atoms with Crippen LogP contribution in [-0.2, 0) is 0 Å². The van der Waals surface area contributed by atoms with Gasteiger partial charge < -0.3 is 20.7 Å². The van der Waals surface area contributed by atoms with Crippen molar-refractivity contribution in [3.63, 3.8) is 0 Å². The van der Waals surface area contributed by atoms with E-state index in [4.69, 9.17) is 10.5 Å². The summed E-state index contributed by atoms with van der Waals surface area (Å²) < 4.78 is 5.31. The van der Waals surface area contributed by atoms with Gasteiger partial charge in [-0.3, -0.25) is 0 Å². The van der Waals surface area contributed by atoms with Gasteiger partial charge >= 0.3 is 0 Å². The fourth-order valence-corrected chi connectivity index (χ4v) is 2.47. The summed E-state index contributed by atoms with van der Waals surface area (Å²) in [4.78, 5) is 10.4. The Morgan fingerprint density at radius 2 is 2.28 bits per heavy atom. The Balaban J connectivity index is 2.27. The highest BCUT2D eigenvalue weighted by molar-refractivity contribution is 5.62. The Bertz CT molecular complexity index is 411. The Morgan fingerprint density at radius 1 is 1.50 bits per heavy atom. The van der Waals surface area contributed by atoms with E-state index < -0.39 is 0 Å². The van der Waals surface area contributed by atoms with Crippen LogP contribution < -0.4 is 20.7 Å². The molecule has 0 radical (unpaired) electrons. The van der Waals surface area contributed by atoms with Crippen molar-refractivity contribution in [1.29, 1.82) is 0 Å². The first-order chi connectivity index (χ1) is 8.65. The summed E-state index contributed by atoms with van der Waals surface area (Å²) in [5, 5.41) is 3.41. The molecule has 1 aliphatic heterocycles. The van der Waals surface area contributed by atoms with Gasteiger partial charge in [-0.2, -0.15) is 0 Å². The zero-order valence-corrected chi connectivity index (χ0v) is 11.2. The van der Waals surface area contributed by atoms with Crippen LogP contribution in [0.1, 0.15) is 13.3 Å². The minimum Gasteiger partial charge on any atom is -0.490 e. The molecule has 2 heterocycles. The third-order valence-corrected chi connectivity index (χ3v) is 3.64. The molecule has 6 heteroatoms. The molecule has 2 rings (SSSR count). The summed E-state index contributed by atoms with van der Waals surface area (Å²) in [6, 6.07) is 0.391. The SMILES string of the molecule is COc1c(N)ncnc1N(C)[C@H]1CNCC[C@H]1C. The Kier molecular flexibility index (Phi) is 3.86. The lowest BCUT2D eigenvalue weighted by atomic mass is 9.94. The van der Waals surface area contributed by atoms with Gasteiger partial charge in [0.15, 0.2) is 11.6 Å². The summed E-state index contributed by atoms with van der Waals surface area (Å²) in [7, 11) is 3.62. The number of ether oxygens (including phenoxy) is 1. The first-order valence-electron chi connectivity index (χ1n) is 6.23. The predicted octanol–water partition coefficient (Wildman–Crippen LogP) is 0.502. The standard InChI is InChI=1S/C12H21N5O/c1-8-4-5-14-6-9(8)17(2)12-10(18-3)11(13)15-7-16-12/h7-9,14H,4-6H2,1-3H3,(H2,13,15,16)/t8-,9+/m1/s1.